The van der Waals surface area contributed by atoms with Crippen LogP contribution in [0.2, 0.25) is 6.32 Å². The Morgan fingerprint density at radius 3 is 2.32 bits per heavy atom. The van der Waals surface area contributed by atoms with Gasteiger partial charge in [0.05, 0.1) is 24.0 Å². The van der Waals surface area contributed by atoms with Crippen molar-refractivity contribution in [3.63, 3.8) is 0 Å². The highest BCUT2D eigenvalue weighted by atomic mass is 16.5. The number of allylic oxidation sites excluding steroid dienone is 4. The summed E-state index contributed by atoms with van der Waals surface area (Å²) in [5.74, 6) is 1.04. The summed E-state index contributed by atoms with van der Waals surface area (Å²) in [6, 6.07) is 30.7. The molecular weight excluding hydrogens is 537 g/mol. The van der Waals surface area contributed by atoms with E-state index in [2.05, 4.69) is 128 Å². The number of aryl methyl sites for hydroxylation is 1. The number of imidazole rings is 1. The van der Waals surface area contributed by atoms with E-state index in [9.17, 15) is 0 Å². The molecule has 7 rings (SSSR count). The first-order chi connectivity index (χ1) is 21.4. The number of hydrogen-bond donors (Lipinski definition) is 0. The lowest BCUT2D eigenvalue weighted by Gasteiger charge is -2.25. The van der Waals surface area contributed by atoms with Crippen molar-refractivity contribution >= 4 is 18.1 Å². The van der Waals surface area contributed by atoms with Crippen molar-refractivity contribution in [2.45, 2.75) is 77.9 Å². The van der Waals surface area contributed by atoms with Crippen molar-refractivity contribution in [1.29, 1.82) is 0 Å². The first-order valence-electron chi connectivity index (χ1n) is 16.3. The Balaban J connectivity index is 1.19. The largest absolute Gasteiger partial charge is 0.428 e. The molecule has 3 aliphatic rings. The molecule has 222 valence electrons. The summed E-state index contributed by atoms with van der Waals surface area (Å²) in [5.41, 5.74) is 10.5. The van der Waals surface area contributed by atoms with Crippen LogP contribution in [0.4, 0.5) is 0 Å². The van der Waals surface area contributed by atoms with Gasteiger partial charge in [-0.15, -0.1) is 0 Å². The zero-order valence-electron chi connectivity index (χ0n) is 26.2. The minimum absolute atomic E-state index is 0.0768. The normalized spacial score (nSPS) is 20.5. The fraction of sp³-hybridized carbons (Fsp3) is 0.333. The fourth-order valence-corrected chi connectivity index (χ4v) is 6.92. The maximum Gasteiger partial charge on any atom is 0.327 e. The molecule has 5 heteroatoms. The van der Waals surface area contributed by atoms with Gasteiger partial charge in [-0.3, -0.25) is 4.99 Å². The summed E-state index contributed by atoms with van der Waals surface area (Å²) in [6.07, 6.45) is 12.6. The summed E-state index contributed by atoms with van der Waals surface area (Å²) < 4.78 is 8.83. The van der Waals surface area contributed by atoms with Crippen LogP contribution in [0, 0.1) is 5.41 Å². The summed E-state index contributed by atoms with van der Waals surface area (Å²) >= 11 is 0. The van der Waals surface area contributed by atoms with E-state index in [1.807, 2.05) is 0 Å². The van der Waals surface area contributed by atoms with Gasteiger partial charge in [-0.05, 0) is 60.1 Å². The molecule has 4 aromatic rings. The second-order valence-corrected chi connectivity index (χ2v) is 13.4. The highest BCUT2D eigenvalue weighted by Crippen LogP contribution is 2.37. The average molecular weight is 580 g/mol. The molecule has 0 amide bonds. The van der Waals surface area contributed by atoms with Crippen molar-refractivity contribution < 1.29 is 4.65 Å². The van der Waals surface area contributed by atoms with Gasteiger partial charge in [0.2, 0.25) is 0 Å². The van der Waals surface area contributed by atoms with Crippen molar-refractivity contribution in [3.8, 4) is 0 Å². The minimum atomic E-state index is 0.0768. The van der Waals surface area contributed by atoms with Crippen LogP contribution in [0.15, 0.2) is 114 Å². The summed E-state index contributed by atoms with van der Waals surface area (Å²) in [4.78, 5) is 10.7. The third-order valence-electron chi connectivity index (χ3n) is 9.90. The topological polar surface area (TPSA) is 39.4 Å². The monoisotopic (exact) mass is 579 g/mol. The lowest BCUT2D eigenvalue weighted by atomic mass is 9.55. The van der Waals surface area contributed by atoms with E-state index in [0.29, 0.717) is 0 Å². The molecule has 2 aliphatic heterocycles. The Morgan fingerprint density at radius 1 is 0.886 bits per heavy atom. The molecule has 1 fully saturated rings. The minimum Gasteiger partial charge on any atom is -0.428 e. The highest BCUT2D eigenvalue weighted by molar-refractivity contribution is 6.68. The molecule has 1 aromatic heterocycles. The van der Waals surface area contributed by atoms with E-state index in [-0.39, 0.29) is 24.5 Å². The van der Waals surface area contributed by atoms with Crippen LogP contribution in [-0.4, -0.2) is 28.3 Å². The number of benzene rings is 3. The van der Waals surface area contributed by atoms with E-state index in [1.54, 1.807) is 0 Å². The van der Waals surface area contributed by atoms with Crippen LogP contribution in [0.5, 0.6) is 0 Å². The molecule has 44 heavy (non-hydrogen) atoms. The molecule has 1 saturated heterocycles. The zero-order chi connectivity index (χ0) is 30.1. The van der Waals surface area contributed by atoms with Gasteiger partial charge < -0.3 is 9.22 Å². The summed E-state index contributed by atoms with van der Waals surface area (Å²) in [5, 5.41) is 0. The van der Waals surface area contributed by atoms with Crippen LogP contribution in [0.25, 0.3) is 0 Å². The van der Waals surface area contributed by atoms with Gasteiger partial charge in [0.15, 0.2) is 5.82 Å². The average Bonchev–Trinajstić information content (AvgIpc) is 3.75. The smallest absolute Gasteiger partial charge is 0.327 e. The van der Waals surface area contributed by atoms with Crippen LogP contribution in [0.3, 0.4) is 0 Å². The number of nitrogens with zero attached hydrogens (tertiary/aromatic N) is 3. The van der Waals surface area contributed by atoms with Crippen molar-refractivity contribution in [2.24, 2.45) is 10.4 Å². The first-order valence-corrected chi connectivity index (χ1v) is 16.3. The summed E-state index contributed by atoms with van der Waals surface area (Å²) in [7, 11) is 0. The molecule has 0 radical (unpaired) electrons. The predicted octanol–water partition coefficient (Wildman–Crippen LogP) is 7.53. The fourth-order valence-electron chi connectivity index (χ4n) is 6.92. The zero-order valence-corrected chi connectivity index (χ0v) is 26.2. The van der Waals surface area contributed by atoms with E-state index in [4.69, 9.17) is 14.6 Å². The molecule has 0 N–H and O–H groups in total. The van der Waals surface area contributed by atoms with Gasteiger partial charge in [-0.25, -0.2) is 4.98 Å². The van der Waals surface area contributed by atoms with Crippen LogP contribution >= 0.6 is 0 Å². The molecule has 0 bridgehead atoms. The number of rotatable bonds is 9. The first kappa shape index (κ1) is 28.8. The van der Waals surface area contributed by atoms with Gasteiger partial charge in [0.1, 0.15) is 0 Å². The number of aromatic nitrogens is 2. The lowest BCUT2D eigenvalue weighted by molar-refractivity contribution is 0.150. The Morgan fingerprint density at radius 2 is 1.64 bits per heavy atom. The van der Waals surface area contributed by atoms with Crippen LogP contribution < -0.4 is 5.46 Å². The van der Waals surface area contributed by atoms with Crippen molar-refractivity contribution in [2.75, 3.05) is 0 Å². The predicted molar refractivity (Wildman–Crippen MR) is 182 cm³/mol. The Hall–Kier alpha value is -3.96. The van der Waals surface area contributed by atoms with Crippen LogP contribution in [0.1, 0.15) is 67.1 Å². The number of hydrogen-bond acceptors (Lipinski definition) is 3. The van der Waals surface area contributed by atoms with Crippen LogP contribution in [-0.2, 0) is 36.9 Å². The number of aliphatic imine (C=N–C) groups is 1. The van der Waals surface area contributed by atoms with Crippen molar-refractivity contribution in [3.05, 3.63) is 143 Å². The van der Waals surface area contributed by atoms with Gasteiger partial charge >= 0.3 is 6.92 Å². The third kappa shape index (κ3) is 6.03. The molecule has 0 spiro atoms. The third-order valence-corrected chi connectivity index (χ3v) is 9.90. The Bertz CT molecular complexity index is 1700. The molecule has 4 nitrogen and oxygen atoms in total. The maximum atomic E-state index is 6.33. The van der Waals surface area contributed by atoms with Crippen molar-refractivity contribution in [1.82, 2.24) is 9.55 Å². The summed E-state index contributed by atoms with van der Waals surface area (Å²) in [6.45, 7) is 7.84. The second kappa shape index (κ2) is 12.2. The molecule has 0 saturated carbocycles. The second-order valence-electron chi connectivity index (χ2n) is 13.4. The van der Waals surface area contributed by atoms with E-state index < -0.39 is 0 Å². The van der Waals surface area contributed by atoms with E-state index in [1.165, 1.54) is 39.1 Å². The SMILES string of the molecule is CC1OB(c2ccc(CCc3c(CC4=CC=CC4)nc4n3CC(c3ccccc3)N=C4Cc3ccccc3)cc2)CC1(C)C. The van der Waals surface area contributed by atoms with E-state index in [0.717, 1.165) is 56.5 Å². The van der Waals surface area contributed by atoms with Gasteiger partial charge in [0, 0.05) is 24.6 Å². The quantitative estimate of drug-likeness (QED) is 0.192. The van der Waals surface area contributed by atoms with Gasteiger partial charge in [-0.1, -0.05) is 123 Å². The number of fused-ring (bicyclic) bond motifs is 1. The van der Waals surface area contributed by atoms with E-state index >= 15 is 0 Å². The Labute approximate surface area is 262 Å². The molecule has 2 atom stereocenters. The molecule has 3 heterocycles. The lowest BCUT2D eigenvalue weighted by Crippen LogP contribution is -2.30. The molecule has 2 unspecified atom stereocenters. The molecule has 1 aliphatic carbocycles. The Kier molecular flexibility index (Phi) is 7.99. The highest BCUT2D eigenvalue weighted by Gasteiger charge is 2.41. The van der Waals surface area contributed by atoms with Gasteiger partial charge in [0.25, 0.3) is 0 Å². The standard InChI is InChI=1S/C39H42BN3O/c1-28-39(2,3)27-40(44-28)33-21-18-29(19-22-33)20-23-37-34(24-30-14-10-11-15-30)42-38-35(25-31-12-6-4-7-13-31)41-36(26-43(37)38)32-16-8-5-9-17-32/h4-14,16-19,21-22,28,36H,15,20,23-27H2,1-3H3. The molecule has 3 aromatic carbocycles. The van der Waals surface area contributed by atoms with Gasteiger partial charge in [-0.2, -0.15) is 0 Å². The maximum absolute atomic E-state index is 6.33. The molecular formula is C39H42BN3O.